The molecular formula is C36H46Br2Cl2I6NO5-. The number of rotatable bonds is 3. The standard InChI is InChI=1S/C18H20BrClO2.C10H17NO.C6H4BrCl.CO2.CH4.I3.I2.HI/c19-13-1-2-14(16(20)5-13)17(21)6-15-11-3-10-4-12(15)9-18(22,7-10)8-11;11-9-7-1-6-2-8(9)5-10(12,3-6)4-7;7-5-2-1-3-6(8)4-5;2-1-3;;1-3-2;1-2;/h1-2,5,10-12,15,22H,3-4,6-9H2;6-9,12H,1-5,11H2;1-4H;;1H4;;;1H/q;;;;;-1;;. The zero-order chi connectivity index (χ0) is 37.2. The molecule has 52 heavy (non-hydrogen) atoms. The number of aliphatic hydroxyl groups is 2. The van der Waals surface area contributed by atoms with Gasteiger partial charge in [0.15, 0.2) is 5.78 Å². The van der Waals surface area contributed by atoms with E-state index in [1.54, 1.807) is 6.07 Å². The van der Waals surface area contributed by atoms with E-state index in [0.29, 0.717) is 71.8 Å². The number of hydrogen-bond donors (Lipinski definition) is 3. The van der Waals surface area contributed by atoms with E-state index in [0.717, 1.165) is 58.4 Å². The molecule has 2 aromatic carbocycles. The van der Waals surface area contributed by atoms with Gasteiger partial charge in [0.05, 0.1) is 16.2 Å². The van der Waals surface area contributed by atoms with Crippen molar-refractivity contribution in [3.63, 3.8) is 0 Å². The molecule has 4 N–H and O–H groups in total. The Hall–Kier alpha value is 3.29. The molecule has 8 bridgehead atoms. The fraction of sp³-hybridized carbons (Fsp3) is 0.611. The third-order valence-corrected chi connectivity index (χ3v) is 12.7. The molecule has 0 saturated heterocycles. The molecule has 0 radical (unpaired) electrons. The number of halogens is 10. The molecule has 296 valence electrons. The molecule has 8 aliphatic rings. The van der Waals surface area contributed by atoms with Crippen LogP contribution in [0.4, 0.5) is 0 Å². The predicted octanol–water partition coefficient (Wildman–Crippen LogP) is 10.1. The van der Waals surface area contributed by atoms with Crippen LogP contribution in [-0.4, -0.2) is 39.4 Å². The van der Waals surface area contributed by atoms with Crippen molar-refractivity contribution in [2.45, 2.75) is 95.3 Å². The van der Waals surface area contributed by atoms with E-state index in [-0.39, 0.29) is 48.9 Å². The molecular weight excluding hydrogens is 1520 g/mol. The first-order valence-electron chi connectivity index (χ1n) is 16.3. The largest absolute Gasteiger partial charge is 0.390 e. The zero-order valence-electron chi connectivity index (χ0n) is 27.4. The van der Waals surface area contributed by atoms with Gasteiger partial charge in [-0.3, -0.25) is 4.79 Å². The van der Waals surface area contributed by atoms with Crippen molar-refractivity contribution in [1.82, 2.24) is 0 Å². The van der Waals surface area contributed by atoms with Gasteiger partial charge >= 0.3 is 56.6 Å². The normalized spacial score (nSPS) is 33.1. The molecule has 8 saturated carbocycles. The first kappa shape index (κ1) is 53.3. The van der Waals surface area contributed by atoms with E-state index in [9.17, 15) is 15.0 Å². The van der Waals surface area contributed by atoms with Crippen molar-refractivity contribution < 1.29 is 37.9 Å². The van der Waals surface area contributed by atoms with Crippen LogP contribution in [0.15, 0.2) is 51.4 Å². The van der Waals surface area contributed by atoms with Crippen LogP contribution in [0.1, 0.15) is 88.4 Å². The molecule has 16 heteroatoms. The summed E-state index contributed by atoms with van der Waals surface area (Å²) in [5.41, 5.74) is 6.03. The zero-order valence-corrected chi connectivity index (χ0v) is 45.2. The minimum Gasteiger partial charge on any atom is -0.390 e. The van der Waals surface area contributed by atoms with E-state index in [4.69, 9.17) is 38.5 Å². The number of hydrogen-bond acceptors (Lipinski definition) is 6. The van der Waals surface area contributed by atoms with Gasteiger partial charge in [0.2, 0.25) is 0 Å². The van der Waals surface area contributed by atoms with Gasteiger partial charge < -0.3 is 15.9 Å². The van der Waals surface area contributed by atoms with Crippen LogP contribution in [-0.2, 0) is 9.59 Å². The molecule has 4 unspecified atom stereocenters. The van der Waals surface area contributed by atoms with Gasteiger partial charge in [0.25, 0.3) is 0 Å². The van der Waals surface area contributed by atoms with E-state index in [1.165, 1.54) is 25.7 Å². The van der Waals surface area contributed by atoms with Gasteiger partial charge in [0.1, 0.15) is 0 Å². The second-order valence-corrected chi connectivity index (χ2v) is 33.4. The summed E-state index contributed by atoms with van der Waals surface area (Å²) < 4.78 is 1.91. The Morgan fingerprint density at radius 2 is 1.25 bits per heavy atom. The van der Waals surface area contributed by atoms with Crippen LogP contribution in [0.5, 0.6) is 0 Å². The van der Waals surface area contributed by atoms with E-state index < -0.39 is 5.60 Å². The Kier molecular flexibility index (Phi) is 26.5. The Morgan fingerprint density at radius 3 is 1.63 bits per heavy atom. The maximum Gasteiger partial charge on any atom is 0.373 e. The van der Waals surface area contributed by atoms with Crippen LogP contribution < -0.4 is 19.0 Å². The van der Waals surface area contributed by atoms with E-state index in [2.05, 4.69) is 106 Å². The monoisotopic (exact) mass is 1560 g/mol. The molecule has 2 aromatic rings. The molecule has 0 spiro atoms. The Bertz CT molecular complexity index is 1410. The number of carbonyl (C=O) groups is 1. The van der Waals surface area contributed by atoms with Crippen LogP contribution in [0, 0.1) is 41.4 Å². The second-order valence-electron chi connectivity index (χ2n) is 14.5. The van der Waals surface area contributed by atoms with Gasteiger partial charge in [-0.25, -0.2) is 0 Å². The summed E-state index contributed by atoms with van der Waals surface area (Å²) in [6.07, 6.45) is 11.6. The number of ketones is 1. The van der Waals surface area contributed by atoms with Gasteiger partial charge in [0, 0.05) is 69.2 Å². The van der Waals surface area contributed by atoms with Crippen LogP contribution in [0.3, 0.4) is 0 Å². The smallest absolute Gasteiger partial charge is 0.373 e. The fourth-order valence-electron chi connectivity index (χ4n) is 9.94. The van der Waals surface area contributed by atoms with Crippen molar-refractivity contribution in [2.75, 3.05) is 0 Å². The van der Waals surface area contributed by atoms with Crippen molar-refractivity contribution in [2.24, 2.45) is 47.2 Å². The Morgan fingerprint density at radius 1 is 0.827 bits per heavy atom. The Labute approximate surface area is 406 Å². The molecule has 8 aliphatic carbocycles. The number of nitrogens with two attached hydrogens (primary N) is 1. The second kappa shape index (κ2) is 25.8. The minimum absolute atomic E-state index is 0. The summed E-state index contributed by atoms with van der Waals surface area (Å²) in [6.45, 7) is 0. The predicted molar refractivity (Wildman–Crippen MR) is 259 cm³/mol. The summed E-state index contributed by atoms with van der Waals surface area (Å²) in [4.78, 5) is 28.9. The van der Waals surface area contributed by atoms with Gasteiger partial charge in [-0.2, -0.15) is 9.59 Å². The fourth-order valence-corrected chi connectivity index (χ4v) is 11.4. The summed E-state index contributed by atoms with van der Waals surface area (Å²) in [6, 6.07) is 13.4. The first-order chi connectivity index (χ1) is 23.7. The van der Waals surface area contributed by atoms with E-state index >= 15 is 0 Å². The topological polar surface area (TPSA) is 118 Å². The number of benzene rings is 2. The number of Topliss-reactive ketones (excluding diaryl/α,β-unsaturated/α-hetero) is 1. The van der Waals surface area contributed by atoms with E-state index in [1.807, 2.05) is 36.4 Å². The number of carbonyl (C=O) groups excluding carboxylic acids is 3. The quantitative estimate of drug-likeness (QED) is 0.208. The van der Waals surface area contributed by atoms with Crippen molar-refractivity contribution >= 4 is 165 Å². The first-order valence-corrected chi connectivity index (χ1v) is 37.5. The van der Waals surface area contributed by atoms with Gasteiger partial charge in [-0.05, 0) is 142 Å². The summed E-state index contributed by atoms with van der Waals surface area (Å²) >= 11 is 28.0. The molecule has 4 atom stereocenters. The maximum atomic E-state index is 12.7. The van der Waals surface area contributed by atoms with Crippen molar-refractivity contribution in [3.8, 4) is 0 Å². The van der Waals surface area contributed by atoms with Gasteiger partial charge in [-0.1, -0.05) is 68.6 Å². The Balaban J connectivity index is 0.000000381. The van der Waals surface area contributed by atoms with Gasteiger partial charge in [-0.15, -0.1) is 24.0 Å². The van der Waals surface area contributed by atoms with Crippen LogP contribution in [0.25, 0.3) is 0 Å². The summed E-state index contributed by atoms with van der Waals surface area (Å²) in [7, 11) is 0. The average Bonchev–Trinajstić information content (AvgIpc) is 3.02. The summed E-state index contributed by atoms with van der Waals surface area (Å²) in [5, 5.41) is 22.1. The molecule has 8 fully saturated rings. The molecule has 0 amide bonds. The van der Waals surface area contributed by atoms with Crippen molar-refractivity contribution in [1.29, 1.82) is 0 Å². The third kappa shape index (κ3) is 15.7. The molecule has 0 heterocycles. The average molecular weight is 1560 g/mol. The SMILES string of the molecule is C.Clc1cccc(Br)c1.I.II.I[I-]I.NC1C2CC3CC1CC(O)(C3)C2.O=C(CC1C2CC3CC1CC(O)(C3)C2)c1ccc(Br)cc1Cl.O=C=O. The van der Waals surface area contributed by atoms with Crippen molar-refractivity contribution in [3.05, 3.63) is 67.0 Å². The summed E-state index contributed by atoms with van der Waals surface area (Å²) in [5.74, 6) is 4.40. The molecule has 0 aromatic heterocycles. The van der Waals surface area contributed by atoms with Crippen LogP contribution >= 0.6 is 154 Å². The third-order valence-electron chi connectivity index (χ3n) is 11.2. The van der Waals surface area contributed by atoms with Crippen LogP contribution in [0.2, 0.25) is 10.0 Å². The minimum atomic E-state index is -0.425. The maximum absolute atomic E-state index is 12.7. The molecule has 10 rings (SSSR count). The molecule has 6 nitrogen and oxygen atoms in total. The molecule has 0 aliphatic heterocycles.